The summed E-state index contributed by atoms with van der Waals surface area (Å²) in [5, 5.41) is 59.7. The van der Waals surface area contributed by atoms with Crippen molar-refractivity contribution in [3.05, 3.63) is 157 Å². The predicted molar refractivity (Wildman–Crippen MR) is 289 cm³/mol. The molecule has 0 aromatic heterocycles. The summed E-state index contributed by atoms with van der Waals surface area (Å²) < 4.78 is 16.3. The minimum Gasteiger partial charge on any atom is -0.498 e. The molecule has 22 nitrogen and oxygen atoms in total. The van der Waals surface area contributed by atoms with E-state index >= 15 is 0 Å². The first-order valence-electron chi connectivity index (χ1n) is 23.9. The maximum absolute atomic E-state index is 12.6. The van der Waals surface area contributed by atoms with Crippen LogP contribution in [-0.4, -0.2) is 132 Å². The molecule has 3 aliphatic heterocycles. The number of ketones is 1. The number of amides is 6. The molecule has 0 saturated carbocycles. The van der Waals surface area contributed by atoms with E-state index in [4.69, 9.17) is 14.2 Å². The molecule has 396 valence electrons. The standard InChI is InChI=1S/C17H21N3O3.C13H15N3O4.C12H13N3O3.C11H14N2O/c1-11-9-12(2)16(13(3)14(11)10-19-23)15(21)5-4-7-20-8-6-18-17(20)22;1-19-12-8-10(9-15-18)2-3-11(12)20-7-6-16-5-4-14-13(16)17;16-12-13-5-6-15(12)7-8-18-11-4-2-1-3-10(11)9-14-17;1-8-5-10(13(3)4)6-9(2)11(8)7-12-14/h9H,4-8H2,1-3H3,(H,18,22);2-3,8H,4-7H2,1H3,(H,14,17);1-4H,5-8H2,(H,13,16);5-6H,1-4H3. The van der Waals surface area contributed by atoms with Gasteiger partial charge in [-0.05, 0) is 105 Å². The average molecular weight is 1030 g/mol. The molecule has 3 saturated heterocycles. The Bertz CT molecular complexity index is 2900. The highest BCUT2D eigenvalue weighted by molar-refractivity contribution is 5.99. The SMILES string of the molecule is COc1cc(C#[N+][O-])ccc1OCCN1CCNC1=O.Cc1cc(C)c(C(=O)CCCN2CCNC2=O)c(C)c1C#[N+][O-].Cc1cc(N(C)C)cc(C)c1C#[N+][O-].O=C1NCCN1CCOc1ccccc1C#[N+][O-]. The van der Waals surface area contributed by atoms with Crippen molar-refractivity contribution in [1.29, 1.82) is 0 Å². The fourth-order valence-corrected chi connectivity index (χ4v) is 8.16. The third kappa shape index (κ3) is 17.5. The lowest BCUT2D eigenvalue weighted by Gasteiger charge is -2.15. The Kier molecular flexibility index (Phi) is 23.3. The summed E-state index contributed by atoms with van der Waals surface area (Å²) >= 11 is 0. The Morgan fingerprint density at radius 3 is 1.63 bits per heavy atom. The van der Waals surface area contributed by atoms with Gasteiger partial charge in [0, 0.05) is 104 Å². The largest absolute Gasteiger partial charge is 0.498 e. The van der Waals surface area contributed by atoms with Crippen LogP contribution in [-0.2, 0) is 0 Å². The number of rotatable bonds is 15. The number of ether oxygens (including phenoxy) is 3. The molecule has 0 unspecified atom stereocenters. The van der Waals surface area contributed by atoms with Gasteiger partial charge >= 0.3 is 42.4 Å². The molecule has 0 aliphatic carbocycles. The number of methoxy groups -OCH3 is 1. The quantitative estimate of drug-likeness (QED) is 0.0759. The van der Waals surface area contributed by atoms with Crippen LogP contribution < -0.4 is 35.1 Å². The molecular weight excluding hydrogens is 967 g/mol. The third-order valence-corrected chi connectivity index (χ3v) is 11.9. The van der Waals surface area contributed by atoms with Crippen molar-refractivity contribution in [1.82, 2.24) is 30.7 Å². The lowest BCUT2D eigenvalue weighted by molar-refractivity contribution is 0.0975. The van der Waals surface area contributed by atoms with Gasteiger partial charge in [-0.25, -0.2) is 14.4 Å². The van der Waals surface area contributed by atoms with E-state index in [1.807, 2.05) is 71.8 Å². The van der Waals surface area contributed by atoms with Crippen molar-refractivity contribution in [3.63, 3.8) is 0 Å². The van der Waals surface area contributed by atoms with E-state index in [1.54, 1.807) is 57.2 Å². The van der Waals surface area contributed by atoms with Crippen LogP contribution in [0.3, 0.4) is 0 Å². The van der Waals surface area contributed by atoms with E-state index in [0.717, 1.165) is 39.1 Å². The first-order valence-corrected chi connectivity index (χ1v) is 23.9. The number of aryl methyl sites for hydroxylation is 4. The molecule has 6 amide bonds. The van der Waals surface area contributed by atoms with Crippen LogP contribution in [0.15, 0.2) is 60.7 Å². The average Bonchev–Trinajstić information content (AvgIpc) is 4.12. The van der Waals surface area contributed by atoms with Crippen molar-refractivity contribution < 1.29 is 33.4 Å². The Labute approximate surface area is 436 Å². The van der Waals surface area contributed by atoms with Crippen LogP contribution in [0.5, 0.6) is 17.2 Å². The minimum atomic E-state index is -0.0721. The number of hydrogen-bond acceptors (Lipinski definition) is 12. The van der Waals surface area contributed by atoms with Gasteiger partial charge in [0.05, 0.1) is 20.2 Å². The maximum atomic E-state index is 12.6. The topological polar surface area (TPSA) is 255 Å². The Balaban J connectivity index is 0.000000219. The molecule has 4 aromatic carbocycles. The van der Waals surface area contributed by atoms with E-state index in [9.17, 15) is 40.0 Å². The maximum Gasteiger partial charge on any atom is 0.340 e. The molecule has 75 heavy (non-hydrogen) atoms. The van der Waals surface area contributed by atoms with Crippen LogP contribution in [0.1, 0.15) is 73.3 Å². The van der Waals surface area contributed by atoms with Gasteiger partial charge in [-0.1, -0.05) is 18.2 Å². The zero-order chi connectivity index (χ0) is 54.9. The highest BCUT2D eigenvalue weighted by Crippen LogP contribution is 2.28. The number of benzene rings is 4. The summed E-state index contributed by atoms with van der Waals surface area (Å²) in [6.07, 6.45) is 0.982. The summed E-state index contributed by atoms with van der Waals surface area (Å²) in [6, 6.07) is 27.1. The summed E-state index contributed by atoms with van der Waals surface area (Å²) in [6.45, 7) is 15.9. The Morgan fingerprint density at radius 1 is 0.613 bits per heavy atom. The number of urea groups is 3. The normalized spacial score (nSPS) is 12.7. The van der Waals surface area contributed by atoms with Crippen molar-refractivity contribution in [2.45, 2.75) is 47.5 Å². The molecule has 0 atom stereocenters. The highest BCUT2D eigenvalue weighted by atomic mass is 16.5. The zero-order valence-corrected chi connectivity index (χ0v) is 43.5. The van der Waals surface area contributed by atoms with E-state index in [1.165, 1.54) is 7.11 Å². The zero-order valence-electron chi connectivity index (χ0n) is 43.5. The first kappa shape index (κ1) is 58.3. The van der Waals surface area contributed by atoms with E-state index in [-0.39, 0.29) is 23.9 Å². The monoisotopic (exact) mass is 1030 g/mol. The lowest BCUT2D eigenvalue weighted by atomic mass is 9.90. The third-order valence-electron chi connectivity index (χ3n) is 11.9. The number of para-hydroxylation sites is 1. The van der Waals surface area contributed by atoms with Crippen LogP contribution in [0, 0.1) is 79.7 Å². The predicted octanol–water partition coefficient (Wildman–Crippen LogP) is 7.87. The van der Waals surface area contributed by atoms with Gasteiger partial charge in [0.25, 0.3) is 0 Å². The Hall–Kier alpha value is -9.28. The van der Waals surface area contributed by atoms with E-state index in [0.29, 0.717) is 124 Å². The molecule has 3 fully saturated rings. The molecule has 3 aliphatic rings. The number of carbonyl (C=O) groups excluding carboxylic acids is 4. The van der Waals surface area contributed by atoms with Gasteiger partial charge in [-0.15, -0.1) is 0 Å². The summed E-state index contributed by atoms with van der Waals surface area (Å²) in [5.41, 5.74) is 8.72. The van der Waals surface area contributed by atoms with Crippen LogP contribution in [0.2, 0.25) is 0 Å². The van der Waals surface area contributed by atoms with Crippen LogP contribution >= 0.6 is 0 Å². The number of anilines is 1. The van der Waals surface area contributed by atoms with Crippen molar-refractivity contribution in [2.75, 3.05) is 98.2 Å². The van der Waals surface area contributed by atoms with Crippen LogP contribution in [0.25, 0.3) is 20.0 Å². The fraction of sp³-hybridized carbons (Fsp3) is 0.396. The first-order chi connectivity index (χ1) is 36.1. The van der Waals surface area contributed by atoms with Gasteiger partial charge in [0.2, 0.25) is 0 Å². The molecule has 0 spiro atoms. The van der Waals surface area contributed by atoms with Gasteiger partial charge in [0.15, 0.2) is 17.3 Å². The second-order valence-corrected chi connectivity index (χ2v) is 17.3. The van der Waals surface area contributed by atoms with E-state index < -0.39 is 0 Å². The molecule has 7 rings (SSSR count). The second kappa shape index (κ2) is 29.9. The van der Waals surface area contributed by atoms with Crippen molar-refractivity contribution in [2.24, 2.45) is 0 Å². The van der Waals surface area contributed by atoms with Gasteiger partial charge < -0.3 is 70.6 Å². The molecule has 0 bridgehead atoms. The van der Waals surface area contributed by atoms with Crippen LogP contribution in [0.4, 0.5) is 20.1 Å². The van der Waals surface area contributed by atoms with Crippen molar-refractivity contribution >= 4 is 29.6 Å². The second-order valence-electron chi connectivity index (χ2n) is 17.3. The highest BCUT2D eigenvalue weighted by Gasteiger charge is 2.23. The number of nitrogens with zero attached hydrogens (tertiary/aromatic N) is 8. The molecule has 3 heterocycles. The van der Waals surface area contributed by atoms with E-state index in [2.05, 4.69) is 60.3 Å². The number of nitrogens with one attached hydrogen (secondary N) is 3. The lowest BCUT2D eigenvalue weighted by Crippen LogP contribution is -2.31. The van der Waals surface area contributed by atoms with Gasteiger partial charge in [0.1, 0.15) is 41.2 Å². The van der Waals surface area contributed by atoms with Gasteiger partial charge in [-0.2, -0.15) is 0 Å². The van der Waals surface area contributed by atoms with Gasteiger partial charge in [-0.3, -0.25) is 4.79 Å². The fourth-order valence-electron chi connectivity index (χ4n) is 8.16. The molecular formula is C53H63N11O11. The summed E-state index contributed by atoms with van der Waals surface area (Å²) in [4.78, 5) is 53.7. The summed E-state index contributed by atoms with van der Waals surface area (Å²) in [7, 11) is 5.48. The number of Topliss-reactive ketones (excluding diaryl/α,β-unsaturated/α-hetero) is 1. The number of hydrogen-bond donors (Lipinski definition) is 3. The summed E-state index contributed by atoms with van der Waals surface area (Å²) in [5.74, 6) is 1.60. The number of carbonyl (C=O) groups is 4. The molecule has 3 N–H and O–H groups in total. The minimum absolute atomic E-state index is 0.0218. The molecule has 4 aromatic rings. The smallest absolute Gasteiger partial charge is 0.340 e. The Morgan fingerprint density at radius 2 is 1.12 bits per heavy atom. The molecule has 22 heteroatoms. The van der Waals surface area contributed by atoms with Crippen molar-refractivity contribution in [3.8, 4) is 41.5 Å². The molecule has 0 radical (unpaired) electrons.